The van der Waals surface area contributed by atoms with E-state index in [-0.39, 0.29) is 17.8 Å². The number of aromatic hydroxyl groups is 1. The zero-order chi connectivity index (χ0) is 26.0. The molecule has 1 aromatic carbocycles. The van der Waals surface area contributed by atoms with Gasteiger partial charge in [-0.25, -0.2) is 4.79 Å². The van der Waals surface area contributed by atoms with Crippen LogP contribution in [0.15, 0.2) is 34.9 Å². The van der Waals surface area contributed by atoms with Crippen LogP contribution in [0.2, 0.25) is 5.02 Å². The van der Waals surface area contributed by atoms with Gasteiger partial charge in [0.25, 0.3) is 0 Å². The first kappa shape index (κ1) is 26.4. The fraction of sp³-hybridized carbons (Fsp3) is 0.536. The summed E-state index contributed by atoms with van der Waals surface area (Å²) >= 11 is 6.33. The van der Waals surface area contributed by atoms with Crippen LogP contribution < -0.4 is 0 Å². The Labute approximate surface area is 217 Å². The largest absolute Gasteiger partial charge is 0.508 e. The number of halogens is 1. The Hall–Kier alpha value is -2.64. The van der Waals surface area contributed by atoms with E-state index in [1.807, 2.05) is 6.07 Å². The maximum Gasteiger partial charge on any atom is 0.423 e. The van der Waals surface area contributed by atoms with Crippen molar-refractivity contribution < 1.29 is 29.0 Å². The summed E-state index contributed by atoms with van der Waals surface area (Å²) in [5.41, 5.74) is 4.46. The molecular formula is C28H34ClNO6. The molecule has 1 aliphatic carbocycles. The van der Waals surface area contributed by atoms with Crippen LogP contribution in [0.25, 0.3) is 6.08 Å². The molecule has 2 fully saturated rings. The van der Waals surface area contributed by atoms with Crippen molar-refractivity contribution in [3.8, 4) is 5.75 Å². The molecule has 7 nitrogen and oxygen atoms in total. The van der Waals surface area contributed by atoms with Crippen LogP contribution in [0, 0.1) is 17.8 Å². The van der Waals surface area contributed by atoms with E-state index in [9.17, 15) is 19.5 Å². The zero-order valence-electron chi connectivity index (χ0n) is 21.1. The first-order chi connectivity index (χ1) is 17.3. The Bertz CT molecular complexity index is 1110. The number of allylic oxidation sites excluding steroid dienone is 2. The van der Waals surface area contributed by atoms with Gasteiger partial charge in [-0.3, -0.25) is 9.59 Å². The molecule has 0 aromatic heterocycles. The van der Waals surface area contributed by atoms with Crippen molar-refractivity contribution in [3.63, 3.8) is 0 Å². The van der Waals surface area contributed by atoms with Gasteiger partial charge in [-0.05, 0) is 61.4 Å². The molecule has 0 saturated carbocycles. The maximum absolute atomic E-state index is 13.2. The number of hydrogen-bond donors (Lipinski definition) is 1. The molecule has 8 heteroatoms. The van der Waals surface area contributed by atoms with E-state index >= 15 is 0 Å². The van der Waals surface area contributed by atoms with Crippen LogP contribution in [-0.2, 0) is 19.1 Å². The summed E-state index contributed by atoms with van der Waals surface area (Å²) in [6.07, 6.45) is 6.80. The number of rotatable bonds is 8. The van der Waals surface area contributed by atoms with Crippen molar-refractivity contribution in [1.29, 1.82) is 0 Å². The number of nitrogens with zero attached hydrogens (tertiary/aromatic N) is 1. The van der Waals surface area contributed by atoms with E-state index in [0.717, 1.165) is 49.7 Å². The molecule has 3 aliphatic rings. The summed E-state index contributed by atoms with van der Waals surface area (Å²) in [5.74, 6) is -2.07. The Balaban J connectivity index is 1.57. The number of methoxy groups -OCH3 is 1. The zero-order valence-corrected chi connectivity index (χ0v) is 21.8. The monoisotopic (exact) mass is 515 g/mol. The fourth-order valence-corrected chi connectivity index (χ4v) is 6.27. The van der Waals surface area contributed by atoms with Crippen molar-refractivity contribution in [3.05, 3.63) is 45.5 Å². The number of imide groups is 3. The third kappa shape index (κ3) is 4.96. The topological polar surface area (TPSA) is 93.1 Å². The number of likely N-dealkylation sites (tertiary alicyclic amines) is 1. The lowest BCUT2D eigenvalue weighted by Crippen LogP contribution is -2.38. The van der Waals surface area contributed by atoms with E-state index in [4.69, 9.17) is 21.1 Å². The highest BCUT2D eigenvalue weighted by Crippen LogP contribution is 2.50. The number of carbonyl (C=O) groups excluding carboxylic acids is 3. The molecule has 194 valence electrons. The van der Waals surface area contributed by atoms with E-state index in [2.05, 4.69) is 19.9 Å². The van der Waals surface area contributed by atoms with Gasteiger partial charge < -0.3 is 14.6 Å². The molecule has 1 N–H and O–H groups in total. The van der Waals surface area contributed by atoms with Crippen molar-refractivity contribution >= 4 is 35.6 Å². The minimum atomic E-state index is -0.907. The number of amides is 3. The quantitative estimate of drug-likeness (QED) is 0.342. The summed E-state index contributed by atoms with van der Waals surface area (Å²) in [5, 5.41) is 10.2. The summed E-state index contributed by atoms with van der Waals surface area (Å²) in [4.78, 5) is 39.0. The molecule has 3 amide bonds. The third-order valence-corrected chi connectivity index (χ3v) is 7.89. The molecule has 2 heterocycles. The van der Waals surface area contributed by atoms with Crippen molar-refractivity contribution in [2.45, 2.75) is 64.9 Å². The number of fused-ring (bicyclic) bond motifs is 3. The molecule has 1 aromatic rings. The third-order valence-electron chi connectivity index (χ3n) is 7.56. The van der Waals surface area contributed by atoms with Gasteiger partial charge >= 0.3 is 6.09 Å². The standard InChI is InChI=1S/C28H34ClNO6/c1-4-6-16(12-17-9-10-19(31)14-22(17)29)8-11-23-24-18(7-5-2)13-20-25(21(24)15-36-23)27(33)30(26(20)32)28(34)35-3/h9-10,12,14,20-21,23,25,31H,4-8,11,13,15H2,1-3H3/b16-12+/t20-,21+,23-,25-/m1/s1. The highest BCUT2D eigenvalue weighted by molar-refractivity contribution is 6.32. The summed E-state index contributed by atoms with van der Waals surface area (Å²) < 4.78 is 11.0. The van der Waals surface area contributed by atoms with Gasteiger partial charge in [-0.1, -0.05) is 55.5 Å². The lowest BCUT2D eigenvalue weighted by molar-refractivity contribution is -0.137. The smallest absolute Gasteiger partial charge is 0.423 e. The number of carbonyl (C=O) groups is 3. The van der Waals surface area contributed by atoms with E-state index in [1.54, 1.807) is 12.1 Å². The Morgan fingerprint density at radius 2 is 1.97 bits per heavy atom. The number of hydrogen-bond acceptors (Lipinski definition) is 6. The molecule has 4 atom stereocenters. The van der Waals surface area contributed by atoms with Gasteiger partial charge in [0.05, 0.1) is 36.7 Å². The van der Waals surface area contributed by atoms with Crippen molar-refractivity contribution in [1.82, 2.24) is 4.90 Å². The molecule has 2 aliphatic heterocycles. The number of ether oxygens (including phenoxy) is 2. The highest BCUT2D eigenvalue weighted by atomic mass is 35.5. The normalized spacial score (nSPS) is 25.9. The number of phenolic OH excluding ortho intramolecular Hbond substituents is 1. The SMILES string of the molecule is CCCC1=C2[C@@H](CC/C(=C/c3ccc(O)cc3Cl)CCC)OC[C@@H]2[C@@H]2C(=O)N(C(=O)OC)C(=O)[C@@H]2C1. The van der Waals surface area contributed by atoms with Crippen LogP contribution in [0.1, 0.15) is 64.4 Å². The first-order valence-electron chi connectivity index (χ1n) is 12.8. The van der Waals surface area contributed by atoms with Crippen LogP contribution in [0.5, 0.6) is 5.75 Å². The second kappa shape index (κ2) is 11.2. The molecule has 2 saturated heterocycles. The van der Waals surface area contributed by atoms with Gasteiger partial charge in [0.2, 0.25) is 11.8 Å². The molecule has 4 rings (SSSR count). The van der Waals surface area contributed by atoms with Gasteiger partial charge in [-0.2, -0.15) is 4.90 Å². The maximum atomic E-state index is 13.2. The van der Waals surface area contributed by atoms with E-state index < -0.39 is 29.7 Å². The second-order valence-electron chi connectivity index (χ2n) is 9.85. The molecule has 0 spiro atoms. The summed E-state index contributed by atoms with van der Waals surface area (Å²) in [7, 11) is 1.18. The predicted octanol–water partition coefficient (Wildman–Crippen LogP) is 5.89. The summed E-state index contributed by atoms with van der Waals surface area (Å²) in [6.45, 7) is 4.61. The van der Waals surface area contributed by atoms with Crippen LogP contribution in [0.3, 0.4) is 0 Å². The van der Waals surface area contributed by atoms with Crippen molar-refractivity contribution in [2.75, 3.05) is 13.7 Å². The molecular weight excluding hydrogens is 482 g/mol. The highest BCUT2D eigenvalue weighted by Gasteiger charge is 2.58. The van der Waals surface area contributed by atoms with Gasteiger partial charge in [0, 0.05) is 5.92 Å². The average Bonchev–Trinajstić information content (AvgIpc) is 3.38. The number of benzene rings is 1. The first-order valence-corrected chi connectivity index (χ1v) is 13.2. The van der Waals surface area contributed by atoms with Crippen LogP contribution in [0.4, 0.5) is 4.79 Å². The molecule has 0 bridgehead atoms. The Morgan fingerprint density at radius 1 is 1.19 bits per heavy atom. The lowest BCUT2D eigenvalue weighted by atomic mass is 9.68. The van der Waals surface area contributed by atoms with Crippen LogP contribution >= 0.6 is 11.6 Å². The van der Waals surface area contributed by atoms with E-state index in [0.29, 0.717) is 23.0 Å². The molecule has 36 heavy (non-hydrogen) atoms. The van der Waals surface area contributed by atoms with Gasteiger partial charge in [-0.15, -0.1) is 0 Å². The van der Waals surface area contributed by atoms with Crippen molar-refractivity contribution in [2.24, 2.45) is 17.8 Å². The van der Waals surface area contributed by atoms with Gasteiger partial charge in [0.1, 0.15) is 5.75 Å². The average molecular weight is 516 g/mol. The number of phenols is 1. The second-order valence-corrected chi connectivity index (χ2v) is 10.3. The Kier molecular flexibility index (Phi) is 8.20. The molecule has 0 unspecified atom stereocenters. The predicted molar refractivity (Wildman–Crippen MR) is 136 cm³/mol. The Morgan fingerprint density at radius 3 is 2.64 bits per heavy atom. The van der Waals surface area contributed by atoms with Gasteiger partial charge in [0.15, 0.2) is 0 Å². The van der Waals surface area contributed by atoms with E-state index in [1.165, 1.54) is 18.3 Å². The molecule has 0 radical (unpaired) electrons. The lowest BCUT2D eigenvalue weighted by Gasteiger charge is -2.32. The minimum Gasteiger partial charge on any atom is -0.508 e. The van der Waals surface area contributed by atoms with Crippen LogP contribution in [-0.4, -0.2) is 47.7 Å². The summed E-state index contributed by atoms with van der Waals surface area (Å²) in [6, 6.07) is 4.98. The fourth-order valence-electron chi connectivity index (χ4n) is 6.04. The minimum absolute atomic E-state index is 0.122.